The lowest BCUT2D eigenvalue weighted by atomic mass is 9.68. The minimum atomic E-state index is -0.397. The van der Waals surface area contributed by atoms with Crippen molar-refractivity contribution in [3.8, 4) is 0 Å². The summed E-state index contributed by atoms with van der Waals surface area (Å²) < 4.78 is 13.5. The first-order chi connectivity index (χ1) is 16.0. The van der Waals surface area contributed by atoms with Crippen LogP contribution >= 0.6 is 23.1 Å². The molecule has 0 unspecified atom stereocenters. The van der Waals surface area contributed by atoms with E-state index in [-0.39, 0.29) is 57.4 Å². The van der Waals surface area contributed by atoms with E-state index in [1.807, 2.05) is 18.2 Å². The van der Waals surface area contributed by atoms with E-state index < -0.39 is 5.82 Å². The molecule has 4 aliphatic rings. The number of thiazole rings is 1. The molecule has 2 amide bonds. The van der Waals surface area contributed by atoms with Crippen molar-refractivity contribution >= 4 is 40.6 Å². The fraction of sp³-hybridized carbons (Fsp3) is 0.320. The van der Waals surface area contributed by atoms with Gasteiger partial charge in [0.2, 0.25) is 11.8 Å². The first kappa shape index (κ1) is 19.7. The average Bonchev–Trinajstić information content (AvgIpc) is 3.54. The van der Waals surface area contributed by atoms with Crippen molar-refractivity contribution in [1.82, 2.24) is 4.98 Å². The van der Waals surface area contributed by atoms with Crippen LogP contribution in [-0.2, 0) is 9.59 Å². The van der Waals surface area contributed by atoms with Crippen molar-refractivity contribution in [2.24, 2.45) is 29.6 Å². The smallest absolute Gasteiger partial charge is 0.305 e. The first-order valence-corrected chi connectivity index (χ1v) is 12.8. The zero-order chi connectivity index (χ0) is 22.4. The minimum absolute atomic E-state index is 0.0372. The first-order valence-electron chi connectivity index (χ1n) is 11.1. The molecule has 0 spiro atoms. The number of nitrogens with zero attached hydrogens (tertiary/aromatic N) is 1. The molecule has 2 aromatic carbocycles. The Morgan fingerprint density at radius 1 is 0.909 bits per heavy atom. The number of nitrogens with one attached hydrogen (secondary N) is 1. The quantitative estimate of drug-likeness (QED) is 0.559. The number of hydrogen-bond acceptors (Lipinski definition) is 5. The number of H-pyrrole nitrogens is 1. The maximum Gasteiger partial charge on any atom is 0.305 e. The van der Waals surface area contributed by atoms with Gasteiger partial charge < -0.3 is 4.98 Å². The Bertz CT molecular complexity index is 1350. The van der Waals surface area contributed by atoms with Crippen LogP contribution in [0, 0.1) is 35.4 Å². The van der Waals surface area contributed by atoms with Gasteiger partial charge in [-0.05, 0) is 54.0 Å². The van der Waals surface area contributed by atoms with E-state index in [4.69, 9.17) is 0 Å². The molecule has 7 rings (SSSR count). The SMILES string of the molecule is O=C1[C@@H]2[C@H]3C[C@@H]([C@@H]2C(=O)N1c1ccc(F)cc1)[C@@H]1[C@H](c2ccccc2)c2sc(=O)[nH]c2S[C@@H]31. The van der Waals surface area contributed by atoms with E-state index in [2.05, 4.69) is 17.1 Å². The number of anilines is 1. The molecule has 7 atom stereocenters. The molecule has 1 saturated heterocycles. The van der Waals surface area contributed by atoms with E-state index in [0.29, 0.717) is 5.69 Å². The van der Waals surface area contributed by atoms with Crippen LogP contribution in [0.2, 0.25) is 0 Å². The van der Waals surface area contributed by atoms with Crippen LogP contribution in [-0.4, -0.2) is 22.0 Å². The average molecular weight is 479 g/mol. The third-order valence-corrected chi connectivity index (χ3v) is 10.6. The molecule has 33 heavy (non-hydrogen) atoms. The molecule has 166 valence electrons. The van der Waals surface area contributed by atoms with Crippen LogP contribution in [0.3, 0.4) is 0 Å². The number of carbonyl (C=O) groups is 2. The highest BCUT2D eigenvalue weighted by Gasteiger charge is 2.69. The minimum Gasteiger partial charge on any atom is -0.307 e. The van der Waals surface area contributed by atoms with Crippen molar-refractivity contribution in [1.29, 1.82) is 0 Å². The van der Waals surface area contributed by atoms with Gasteiger partial charge in [-0.3, -0.25) is 19.3 Å². The van der Waals surface area contributed by atoms with Crippen molar-refractivity contribution in [2.75, 3.05) is 4.90 Å². The maximum absolute atomic E-state index is 13.6. The van der Waals surface area contributed by atoms with Gasteiger partial charge in [0.05, 0.1) is 22.5 Å². The monoisotopic (exact) mass is 478 g/mol. The Hall–Kier alpha value is -2.71. The number of rotatable bonds is 2. The summed E-state index contributed by atoms with van der Waals surface area (Å²) in [5.74, 6) is -1.03. The van der Waals surface area contributed by atoms with Gasteiger partial charge in [0.25, 0.3) is 0 Å². The second kappa shape index (κ2) is 6.90. The number of benzene rings is 2. The third-order valence-electron chi connectivity index (χ3n) is 7.97. The van der Waals surface area contributed by atoms with Crippen molar-refractivity contribution < 1.29 is 14.0 Å². The number of aromatic nitrogens is 1. The standard InChI is InChI=1S/C25H19FN2O3S2/c26-12-6-8-13(9-7-12)28-23(29)18-14-10-15(19(18)24(28)30)20-17(14)16(11-4-2-1-3-5-11)21-22(32-20)27-25(31)33-21/h1-9,14-20H,10H2,(H,27,31)/t14-,15-,16+,17-,18+,19-,20+/m1/s1. The number of fused-ring (bicyclic) bond motifs is 9. The van der Waals surface area contributed by atoms with Gasteiger partial charge in [-0.25, -0.2) is 4.39 Å². The lowest BCUT2D eigenvalue weighted by Crippen LogP contribution is -2.42. The van der Waals surface area contributed by atoms with Crippen LogP contribution in [0.25, 0.3) is 0 Å². The second-order valence-corrected chi connectivity index (χ2v) is 11.6. The van der Waals surface area contributed by atoms with E-state index in [1.165, 1.54) is 40.5 Å². The van der Waals surface area contributed by atoms with E-state index in [1.54, 1.807) is 11.8 Å². The van der Waals surface area contributed by atoms with Crippen molar-refractivity contribution in [3.05, 3.63) is 80.5 Å². The van der Waals surface area contributed by atoms with Crippen molar-refractivity contribution in [2.45, 2.75) is 22.6 Å². The summed E-state index contributed by atoms with van der Waals surface area (Å²) in [4.78, 5) is 44.6. The van der Waals surface area contributed by atoms with E-state index in [0.717, 1.165) is 21.9 Å². The summed E-state index contributed by atoms with van der Waals surface area (Å²) in [6.45, 7) is 0. The second-order valence-electron chi connectivity index (χ2n) is 9.36. The van der Waals surface area contributed by atoms with Gasteiger partial charge in [0.15, 0.2) is 0 Å². The van der Waals surface area contributed by atoms with E-state index >= 15 is 0 Å². The molecule has 3 aromatic rings. The van der Waals surface area contributed by atoms with Gasteiger partial charge in [-0.2, -0.15) is 0 Å². The van der Waals surface area contributed by atoms with Crippen LogP contribution in [0.5, 0.6) is 0 Å². The number of hydrogen-bond donors (Lipinski definition) is 1. The zero-order valence-corrected chi connectivity index (χ0v) is 18.9. The zero-order valence-electron chi connectivity index (χ0n) is 17.3. The molecule has 0 radical (unpaired) electrons. The van der Waals surface area contributed by atoms with Gasteiger partial charge in [0, 0.05) is 16.0 Å². The maximum atomic E-state index is 13.6. The molecule has 2 aliphatic heterocycles. The molecule has 2 saturated carbocycles. The molecule has 2 aliphatic carbocycles. The predicted octanol–water partition coefficient (Wildman–Crippen LogP) is 4.25. The van der Waals surface area contributed by atoms with Crippen LogP contribution in [0.4, 0.5) is 10.1 Å². The Morgan fingerprint density at radius 2 is 1.61 bits per heavy atom. The number of carbonyl (C=O) groups excluding carboxylic acids is 2. The Labute approximate surface area is 197 Å². The summed E-state index contributed by atoms with van der Waals surface area (Å²) >= 11 is 2.95. The summed E-state index contributed by atoms with van der Waals surface area (Å²) in [6.07, 6.45) is 0.856. The lowest BCUT2D eigenvalue weighted by molar-refractivity contribution is -0.123. The largest absolute Gasteiger partial charge is 0.307 e. The summed E-state index contributed by atoms with van der Waals surface area (Å²) in [6, 6.07) is 15.8. The van der Waals surface area contributed by atoms with Crippen LogP contribution in [0.15, 0.2) is 64.4 Å². The number of halogens is 1. The molecule has 1 aromatic heterocycles. The summed E-state index contributed by atoms with van der Waals surface area (Å²) in [5.41, 5.74) is 1.60. The van der Waals surface area contributed by atoms with Gasteiger partial charge in [-0.15, -0.1) is 11.8 Å². The molecular weight excluding hydrogens is 459 g/mol. The molecular formula is C25H19FN2O3S2. The fourth-order valence-electron chi connectivity index (χ4n) is 6.90. The normalized spacial score (nSPS) is 33.8. The Kier molecular flexibility index (Phi) is 4.13. The van der Waals surface area contributed by atoms with Crippen LogP contribution < -0.4 is 9.77 Å². The molecule has 1 N–H and O–H groups in total. The highest BCUT2D eigenvalue weighted by atomic mass is 32.2. The topological polar surface area (TPSA) is 70.2 Å². The van der Waals surface area contributed by atoms with Crippen LogP contribution in [0.1, 0.15) is 22.8 Å². The van der Waals surface area contributed by atoms with Gasteiger partial charge in [0.1, 0.15) is 5.82 Å². The van der Waals surface area contributed by atoms with Gasteiger partial charge in [-0.1, -0.05) is 41.7 Å². The Morgan fingerprint density at radius 3 is 2.33 bits per heavy atom. The van der Waals surface area contributed by atoms with Crippen molar-refractivity contribution in [3.63, 3.8) is 0 Å². The molecule has 5 nitrogen and oxygen atoms in total. The molecule has 8 heteroatoms. The number of imide groups is 1. The highest BCUT2D eigenvalue weighted by molar-refractivity contribution is 8.00. The number of aromatic amines is 1. The highest BCUT2D eigenvalue weighted by Crippen LogP contribution is 2.68. The third kappa shape index (κ3) is 2.62. The van der Waals surface area contributed by atoms with Gasteiger partial charge >= 0.3 is 4.87 Å². The number of thioether (sulfide) groups is 1. The lowest BCUT2D eigenvalue weighted by Gasteiger charge is -2.43. The predicted molar refractivity (Wildman–Crippen MR) is 124 cm³/mol. The number of amides is 2. The molecule has 2 bridgehead atoms. The Balaban J connectivity index is 1.33. The summed E-state index contributed by atoms with van der Waals surface area (Å²) in [7, 11) is 0. The molecule has 3 fully saturated rings. The fourth-order valence-corrected chi connectivity index (χ4v) is 9.78. The summed E-state index contributed by atoms with van der Waals surface area (Å²) in [5, 5.41) is 1.08. The van der Waals surface area contributed by atoms with E-state index in [9.17, 15) is 18.8 Å². The molecule has 3 heterocycles.